The van der Waals surface area contributed by atoms with Crippen molar-refractivity contribution < 1.29 is 9.90 Å². The van der Waals surface area contributed by atoms with Crippen molar-refractivity contribution in [3.05, 3.63) is 53.3 Å². The van der Waals surface area contributed by atoms with E-state index < -0.39 is 0 Å². The number of anilines is 1. The van der Waals surface area contributed by atoms with Crippen LogP contribution in [0.15, 0.2) is 36.7 Å². The quantitative estimate of drug-likeness (QED) is 0.806. The van der Waals surface area contributed by atoms with Gasteiger partial charge in [-0.05, 0) is 30.7 Å². The first-order chi connectivity index (χ1) is 9.72. The number of carbonyl (C=O) groups excluding carboxylic acids is 1. The maximum Gasteiger partial charge on any atom is 0.258 e. The number of aromatic nitrogens is 2. The number of hydrogen-bond acceptors (Lipinski definition) is 4. The van der Waals surface area contributed by atoms with Crippen LogP contribution in [0.25, 0.3) is 0 Å². The van der Waals surface area contributed by atoms with Crippen LogP contribution in [0.4, 0.5) is 5.95 Å². The minimum absolute atomic E-state index is 0.215. The summed E-state index contributed by atoms with van der Waals surface area (Å²) in [7, 11) is 0. The van der Waals surface area contributed by atoms with Crippen molar-refractivity contribution >= 4 is 11.9 Å². The third kappa shape index (κ3) is 3.19. The smallest absolute Gasteiger partial charge is 0.258 e. The summed E-state index contributed by atoms with van der Waals surface area (Å²) in [4.78, 5) is 20.1. The fourth-order valence-electron chi connectivity index (χ4n) is 1.68. The van der Waals surface area contributed by atoms with Crippen molar-refractivity contribution in [3.63, 3.8) is 0 Å². The Morgan fingerprint density at radius 3 is 2.75 bits per heavy atom. The maximum atomic E-state index is 12.2. The number of aliphatic hydroxyl groups is 1. The molecule has 0 spiro atoms. The molecule has 5 heteroatoms. The van der Waals surface area contributed by atoms with E-state index in [0.29, 0.717) is 11.1 Å². The van der Waals surface area contributed by atoms with Gasteiger partial charge in [0.2, 0.25) is 5.95 Å². The molecule has 0 aliphatic rings. The molecular formula is C15H13N3O2. The number of hydrogen-bond donors (Lipinski definition) is 2. The number of amides is 1. The van der Waals surface area contributed by atoms with Crippen LogP contribution in [0.2, 0.25) is 0 Å². The van der Waals surface area contributed by atoms with Gasteiger partial charge in [0.05, 0.1) is 0 Å². The van der Waals surface area contributed by atoms with E-state index in [1.165, 1.54) is 0 Å². The van der Waals surface area contributed by atoms with Crippen LogP contribution in [-0.4, -0.2) is 27.6 Å². The Bertz CT molecular complexity index is 673. The highest BCUT2D eigenvalue weighted by molar-refractivity contribution is 6.04. The second-order valence-corrected chi connectivity index (χ2v) is 3.96. The van der Waals surface area contributed by atoms with Crippen molar-refractivity contribution in [2.75, 3.05) is 11.9 Å². The van der Waals surface area contributed by atoms with Gasteiger partial charge in [-0.3, -0.25) is 10.1 Å². The Morgan fingerprint density at radius 1 is 1.30 bits per heavy atom. The van der Waals surface area contributed by atoms with Gasteiger partial charge in [-0.1, -0.05) is 17.9 Å². The number of aliphatic hydroxyl groups excluding tert-OH is 1. The van der Waals surface area contributed by atoms with Gasteiger partial charge < -0.3 is 5.11 Å². The third-order valence-corrected chi connectivity index (χ3v) is 2.67. The molecule has 100 valence electrons. The lowest BCUT2D eigenvalue weighted by Gasteiger charge is -2.07. The fourth-order valence-corrected chi connectivity index (χ4v) is 1.68. The topological polar surface area (TPSA) is 75.1 Å². The van der Waals surface area contributed by atoms with Gasteiger partial charge in [0.25, 0.3) is 5.91 Å². The van der Waals surface area contributed by atoms with Crippen LogP contribution >= 0.6 is 0 Å². The first-order valence-corrected chi connectivity index (χ1v) is 6.00. The predicted molar refractivity (Wildman–Crippen MR) is 75.1 cm³/mol. The van der Waals surface area contributed by atoms with Gasteiger partial charge in [-0.15, -0.1) is 0 Å². The van der Waals surface area contributed by atoms with E-state index in [4.69, 9.17) is 5.11 Å². The number of nitrogens with one attached hydrogen (secondary N) is 1. The maximum absolute atomic E-state index is 12.2. The highest BCUT2D eigenvalue weighted by atomic mass is 16.2. The zero-order chi connectivity index (χ0) is 14.4. The van der Waals surface area contributed by atoms with Crippen LogP contribution in [0.5, 0.6) is 0 Å². The Hall–Kier alpha value is -2.71. The van der Waals surface area contributed by atoms with Gasteiger partial charge in [-0.2, -0.15) is 0 Å². The molecule has 0 fully saturated rings. The van der Waals surface area contributed by atoms with Gasteiger partial charge in [-0.25, -0.2) is 9.97 Å². The molecule has 5 nitrogen and oxygen atoms in total. The zero-order valence-corrected chi connectivity index (χ0v) is 10.9. The summed E-state index contributed by atoms with van der Waals surface area (Å²) in [6.45, 7) is 1.59. The van der Waals surface area contributed by atoms with Gasteiger partial charge in [0.15, 0.2) is 0 Å². The number of benzene rings is 1. The summed E-state index contributed by atoms with van der Waals surface area (Å²) in [5.74, 6) is 5.34. The van der Waals surface area contributed by atoms with E-state index in [-0.39, 0.29) is 18.5 Å². The molecule has 0 radical (unpaired) electrons. The molecule has 0 bridgehead atoms. The highest BCUT2D eigenvalue weighted by Gasteiger charge is 2.11. The van der Waals surface area contributed by atoms with Crippen LogP contribution in [0.1, 0.15) is 21.5 Å². The molecule has 2 N–H and O–H groups in total. The standard InChI is InChI=1S/C15H13N3O2/c1-11-12(6-3-10-19)5-2-7-13(11)14(20)18-15-16-8-4-9-17-15/h2,4-5,7-9,19H,10H2,1H3,(H,16,17,18,20). The average molecular weight is 267 g/mol. The Labute approximate surface area is 116 Å². The van der Waals surface area contributed by atoms with E-state index >= 15 is 0 Å². The Morgan fingerprint density at radius 2 is 2.05 bits per heavy atom. The molecule has 0 aliphatic carbocycles. The minimum atomic E-state index is -0.290. The molecule has 1 aromatic heterocycles. The van der Waals surface area contributed by atoms with Crippen molar-refractivity contribution in [2.24, 2.45) is 0 Å². The summed E-state index contributed by atoms with van der Waals surface area (Å²) in [6.07, 6.45) is 3.11. The molecule has 20 heavy (non-hydrogen) atoms. The van der Waals surface area contributed by atoms with Gasteiger partial charge in [0.1, 0.15) is 6.61 Å². The van der Waals surface area contributed by atoms with Crippen LogP contribution in [-0.2, 0) is 0 Å². The molecule has 2 aromatic rings. The van der Waals surface area contributed by atoms with Crippen molar-refractivity contribution in [2.45, 2.75) is 6.92 Å². The van der Waals surface area contributed by atoms with E-state index in [2.05, 4.69) is 27.1 Å². The number of carbonyl (C=O) groups is 1. The first kappa shape index (κ1) is 13.7. The second kappa shape index (κ2) is 6.45. The first-order valence-electron chi connectivity index (χ1n) is 6.00. The Kier molecular flexibility index (Phi) is 4.43. The Balaban J connectivity index is 2.26. The molecule has 1 heterocycles. The number of nitrogens with zero attached hydrogens (tertiary/aromatic N) is 2. The highest BCUT2D eigenvalue weighted by Crippen LogP contribution is 2.14. The summed E-state index contributed by atoms with van der Waals surface area (Å²) in [5.41, 5.74) is 1.96. The molecular weight excluding hydrogens is 254 g/mol. The van der Waals surface area contributed by atoms with E-state index in [0.717, 1.165) is 5.56 Å². The third-order valence-electron chi connectivity index (χ3n) is 2.67. The normalized spacial score (nSPS) is 9.50. The lowest BCUT2D eigenvalue weighted by atomic mass is 10.0. The lowest BCUT2D eigenvalue weighted by Crippen LogP contribution is -2.15. The monoisotopic (exact) mass is 267 g/mol. The van der Waals surface area contributed by atoms with Crippen molar-refractivity contribution in [1.82, 2.24) is 9.97 Å². The predicted octanol–water partition coefficient (Wildman–Crippen LogP) is 1.38. The molecule has 2 rings (SSSR count). The van der Waals surface area contributed by atoms with Crippen molar-refractivity contribution in [1.29, 1.82) is 0 Å². The summed E-state index contributed by atoms with van der Waals surface area (Å²) >= 11 is 0. The molecule has 0 atom stereocenters. The van der Waals surface area contributed by atoms with E-state index in [1.807, 2.05) is 6.92 Å². The van der Waals surface area contributed by atoms with E-state index in [1.54, 1.807) is 36.7 Å². The van der Waals surface area contributed by atoms with Crippen LogP contribution < -0.4 is 5.32 Å². The van der Waals surface area contributed by atoms with Crippen LogP contribution in [0, 0.1) is 18.8 Å². The van der Waals surface area contributed by atoms with Crippen molar-refractivity contribution in [3.8, 4) is 11.8 Å². The zero-order valence-electron chi connectivity index (χ0n) is 10.9. The summed E-state index contributed by atoms with van der Waals surface area (Å²) in [5, 5.41) is 11.3. The van der Waals surface area contributed by atoms with Gasteiger partial charge in [0, 0.05) is 23.5 Å². The average Bonchev–Trinajstić information content (AvgIpc) is 2.47. The second-order valence-electron chi connectivity index (χ2n) is 3.96. The molecule has 0 saturated heterocycles. The SMILES string of the molecule is Cc1c(C#CCO)cccc1C(=O)Nc1ncccn1. The lowest BCUT2D eigenvalue weighted by molar-refractivity contribution is 0.102. The van der Waals surface area contributed by atoms with E-state index in [9.17, 15) is 4.79 Å². The fraction of sp³-hybridized carbons (Fsp3) is 0.133. The number of rotatable bonds is 2. The molecule has 1 aromatic carbocycles. The summed E-state index contributed by atoms with van der Waals surface area (Å²) < 4.78 is 0. The largest absolute Gasteiger partial charge is 0.384 e. The van der Waals surface area contributed by atoms with Gasteiger partial charge >= 0.3 is 0 Å². The summed E-state index contributed by atoms with van der Waals surface area (Å²) in [6, 6.07) is 6.92. The van der Waals surface area contributed by atoms with Crippen LogP contribution in [0.3, 0.4) is 0 Å². The molecule has 1 amide bonds. The minimum Gasteiger partial charge on any atom is -0.384 e. The molecule has 0 aliphatic heterocycles. The molecule has 0 unspecified atom stereocenters. The molecule has 0 saturated carbocycles.